The SMILES string of the molecule is CCCCCCCCCCCCCCCCC/C=C/C(O)C(COP(=O)(O)OCC[N+](C)(C)C)NC(=O)CCCCCCCCCCCCCCCCCCCCCCCCCCCCCCCCCCCCCCCCCC. The van der Waals surface area contributed by atoms with Crippen LogP contribution in [0.4, 0.5) is 0 Å². The highest BCUT2D eigenvalue weighted by molar-refractivity contribution is 7.47. The molecule has 0 aliphatic heterocycles. The van der Waals surface area contributed by atoms with E-state index in [9.17, 15) is 19.4 Å². The molecule has 0 spiro atoms. The number of allylic oxidation sites excluding steroid dienone is 1. The Labute approximate surface area is 494 Å². The zero-order valence-electron chi connectivity index (χ0n) is 54.2. The molecule has 0 aliphatic rings. The third kappa shape index (κ3) is 64.7. The lowest BCUT2D eigenvalue weighted by Crippen LogP contribution is -2.45. The lowest BCUT2D eigenvalue weighted by atomic mass is 10.0. The molecule has 79 heavy (non-hydrogen) atoms. The number of aliphatic hydroxyl groups is 1. The van der Waals surface area contributed by atoms with Gasteiger partial charge in [0.05, 0.1) is 39.9 Å². The Hall–Kier alpha value is -0.760. The van der Waals surface area contributed by atoms with Gasteiger partial charge < -0.3 is 19.8 Å². The third-order valence-electron chi connectivity index (χ3n) is 16.8. The van der Waals surface area contributed by atoms with Crippen LogP contribution >= 0.6 is 7.82 Å². The molecule has 0 heterocycles. The quantitative estimate of drug-likeness (QED) is 0.0243. The van der Waals surface area contributed by atoms with Crippen molar-refractivity contribution >= 4 is 13.7 Å². The average Bonchev–Trinajstić information content (AvgIpc) is 3.42. The summed E-state index contributed by atoms with van der Waals surface area (Å²) in [4.78, 5) is 23.4. The van der Waals surface area contributed by atoms with E-state index in [1.54, 1.807) is 6.08 Å². The molecule has 0 rings (SSSR count). The van der Waals surface area contributed by atoms with E-state index in [4.69, 9.17) is 9.05 Å². The maximum atomic E-state index is 13.0. The molecule has 9 heteroatoms. The van der Waals surface area contributed by atoms with Crippen LogP contribution in [0.5, 0.6) is 0 Å². The summed E-state index contributed by atoms with van der Waals surface area (Å²) in [6.07, 6.45) is 79.6. The molecule has 8 nitrogen and oxygen atoms in total. The minimum absolute atomic E-state index is 0.0653. The Bertz CT molecular complexity index is 1290. The molecule has 3 unspecified atom stereocenters. The number of carbonyl (C=O) groups excluding carboxylic acids is 1. The number of phosphoric ester groups is 1. The van der Waals surface area contributed by atoms with Gasteiger partial charge in [0.25, 0.3) is 0 Å². The Morgan fingerprint density at radius 1 is 0.418 bits per heavy atom. The minimum Gasteiger partial charge on any atom is -0.387 e. The van der Waals surface area contributed by atoms with E-state index < -0.39 is 20.0 Å². The van der Waals surface area contributed by atoms with Crippen LogP contribution in [0, 0.1) is 0 Å². The number of phosphoric acid groups is 1. The number of carbonyl (C=O) groups is 1. The van der Waals surface area contributed by atoms with Crippen LogP contribution in [-0.4, -0.2) is 73.4 Å². The van der Waals surface area contributed by atoms with Crippen molar-refractivity contribution in [2.24, 2.45) is 0 Å². The summed E-state index contributed by atoms with van der Waals surface area (Å²) in [5.74, 6) is -0.168. The van der Waals surface area contributed by atoms with Gasteiger partial charge in [0.15, 0.2) is 0 Å². The van der Waals surface area contributed by atoms with Gasteiger partial charge in [-0.05, 0) is 19.3 Å². The van der Waals surface area contributed by atoms with Crippen molar-refractivity contribution < 1.29 is 32.9 Å². The fraction of sp³-hybridized carbons (Fsp3) is 0.957. The molecule has 0 aromatic carbocycles. The van der Waals surface area contributed by atoms with Crippen LogP contribution in [0.15, 0.2) is 12.2 Å². The van der Waals surface area contributed by atoms with Crippen LogP contribution in [-0.2, 0) is 18.4 Å². The molecule has 3 N–H and O–H groups in total. The summed E-state index contributed by atoms with van der Waals surface area (Å²) in [6.45, 7) is 4.88. The lowest BCUT2D eigenvalue weighted by Gasteiger charge is -2.25. The van der Waals surface area contributed by atoms with Crippen molar-refractivity contribution in [3.8, 4) is 0 Å². The highest BCUT2D eigenvalue weighted by Crippen LogP contribution is 2.43. The number of rotatable bonds is 67. The Morgan fingerprint density at radius 2 is 0.671 bits per heavy atom. The molecule has 3 atom stereocenters. The molecule has 472 valence electrons. The van der Waals surface area contributed by atoms with Gasteiger partial charge in [0.2, 0.25) is 5.91 Å². The predicted octanol–water partition coefficient (Wildman–Crippen LogP) is 22.5. The van der Waals surface area contributed by atoms with Crippen LogP contribution in [0.25, 0.3) is 0 Å². The maximum absolute atomic E-state index is 13.0. The first kappa shape index (κ1) is 78.2. The fourth-order valence-corrected chi connectivity index (χ4v) is 12.0. The largest absolute Gasteiger partial charge is 0.472 e. The van der Waals surface area contributed by atoms with E-state index in [1.165, 1.54) is 327 Å². The summed E-state index contributed by atoms with van der Waals surface area (Å²) < 4.78 is 23.8. The second-order valence-electron chi connectivity index (χ2n) is 26.0. The van der Waals surface area contributed by atoms with Crippen molar-refractivity contribution in [3.63, 3.8) is 0 Å². The van der Waals surface area contributed by atoms with Gasteiger partial charge in [-0.2, -0.15) is 0 Å². The van der Waals surface area contributed by atoms with E-state index in [1.807, 2.05) is 27.2 Å². The number of amides is 1. The maximum Gasteiger partial charge on any atom is 0.472 e. The molecule has 0 aromatic heterocycles. The van der Waals surface area contributed by atoms with E-state index in [-0.39, 0.29) is 19.1 Å². The smallest absolute Gasteiger partial charge is 0.387 e. The van der Waals surface area contributed by atoms with Crippen LogP contribution in [0.3, 0.4) is 0 Å². The second-order valence-corrected chi connectivity index (χ2v) is 27.4. The summed E-state index contributed by atoms with van der Waals surface area (Å²) in [6, 6.07) is -0.843. The predicted molar refractivity (Wildman–Crippen MR) is 346 cm³/mol. The van der Waals surface area contributed by atoms with E-state index in [2.05, 4.69) is 19.2 Å². The topological polar surface area (TPSA) is 105 Å². The van der Waals surface area contributed by atoms with E-state index in [0.29, 0.717) is 17.4 Å². The molecule has 0 radical (unpaired) electrons. The summed E-state index contributed by atoms with van der Waals surface area (Å²) in [5.41, 5.74) is 0. The van der Waals surface area contributed by atoms with Gasteiger partial charge in [-0.1, -0.05) is 366 Å². The zero-order chi connectivity index (χ0) is 57.7. The zero-order valence-corrected chi connectivity index (χ0v) is 55.1. The summed E-state index contributed by atoms with van der Waals surface area (Å²) in [5, 5.41) is 14.0. The van der Waals surface area contributed by atoms with Gasteiger partial charge in [-0.25, -0.2) is 4.57 Å². The van der Waals surface area contributed by atoms with Gasteiger partial charge in [-0.3, -0.25) is 13.8 Å². The first-order valence-electron chi connectivity index (χ1n) is 35.6. The molecule has 0 fully saturated rings. The molecule has 0 bridgehead atoms. The third-order valence-corrected chi connectivity index (χ3v) is 17.7. The fourth-order valence-electron chi connectivity index (χ4n) is 11.2. The highest BCUT2D eigenvalue weighted by Gasteiger charge is 2.28. The number of unbranched alkanes of at least 4 members (excludes halogenated alkanes) is 54. The van der Waals surface area contributed by atoms with Crippen molar-refractivity contribution in [3.05, 3.63) is 12.2 Å². The minimum atomic E-state index is -4.35. The van der Waals surface area contributed by atoms with Crippen molar-refractivity contribution in [2.75, 3.05) is 40.9 Å². The number of hydrogen-bond donors (Lipinski definition) is 3. The highest BCUT2D eigenvalue weighted by atomic mass is 31.2. The number of likely N-dealkylation sites (N-methyl/N-ethyl adjacent to an activating group) is 1. The molecule has 0 saturated heterocycles. The van der Waals surface area contributed by atoms with Crippen LogP contribution in [0.2, 0.25) is 0 Å². The number of quaternary nitrogens is 1. The van der Waals surface area contributed by atoms with Crippen molar-refractivity contribution in [1.82, 2.24) is 5.32 Å². The number of nitrogens with one attached hydrogen (secondary N) is 1. The monoisotopic (exact) mass is 1140 g/mol. The van der Waals surface area contributed by atoms with Gasteiger partial charge in [0.1, 0.15) is 13.2 Å². The molecule has 0 saturated carbocycles. The number of nitrogens with zero attached hydrogens (tertiary/aromatic N) is 1. The number of hydrogen-bond acceptors (Lipinski definition) is 5. The first-order valence-corrected chi connectivity index (χ1v) is 37.1. The van der Waals surface area contributed by atoms with E-state index in [0.717, 1.165) is 32.1 Å². The standard InChI is InChI=1S/C70H141N2O6P/c1-6-8-10-12-14-16-18-20-22-24-25-26-27-28-29-30-31-32-33-34-35-36-37-38-39-40-41-42-43-44-45-46-48-50-52-54-56-58-60-62-64-70(74)71-68(67-78-79(75,76)77-66-65-72(3,4)5)69(73)63-61-59-57-55-53-51-49-47-23-21-19-17-15-13-11-9-7-2/h61,63,68-69,73H,6-60,62,64-67H2,1-5H3,(H-,71,74,75,76)/p+1/b63-61+. The van der Waals surface area contributed by atoms with Gasteiger partial charge >= 0.3 is 7.82 Å². The van der Waals surface area contributed by atoms with Crippen LogP contribution in [0.1, 0.15) is 380 Å². The summed E-state index contributed by atoms with van der Waals surface area (Å²) in [7, 11) is 1.59. The van der Waals surface area contributed by atoms with Crippen molar-refractivity contribution in [1.29, 1.82) is 0 Å². The molecular weight excluding hydrogens is 996 g/mol. The normalized spacial score (nSPS) is 13.7. The second kappa shape index (κ2) is 61.8. The number of aliphatic hydroxyl groups excluding tert-OH is 1. The Balaban J connectivity index is 3.85. The Morgan fingerprint density at radius 3 is 0.937 bits per heavy atom. The first-order chi connectivity index (χ1) is 38.5. The Kier molecular flexibility index (Phi) is 61.2. The molecule has 0 aromatic rings. The summed E-state index contributed by atoms with van der Waals surface area (Å²) >= 11 is 0. The lowest BCUT2D eigenvalue weighted by molar-refractivity contribution is -0.870. The average molecular weight is 1140 g/mol. The van der Waals surface area contributed by atoms with Crippen LogP contribution < -0.4 is 5.32 Å². The molecule has 0 aliphatic carbocycles. The van der Waals surface area contributed by atoms with Gasteiger partial charge in [-0.15, -0.1) is 0 Å². The van der Waals surface area contributed by atoms with Gasteiger partial charge in [0, 0.05) is 6.42 Å². The molecular formula is C70H142N2O6P+. The van der Waals surface area contributed by atoms with E-state index >= 15 is 0 Å². The molecule has 1 amide bonds. The van der Waals surface area contributed by atoms with Crippen molar-refractivity contribution in [2.45, 2.75) is 392 Å².